The molecule has 0 atom stereocenters. The van der Waals surface area contributed by atoms with Crippen molar-refractivity contribution in [3.63, 3.8) is 0 Å². The molecule has 0 aliphatic carbocycles. The van der Waals surface area contributed by atoms with Gasteiger partial charge < -0.3 is 14.9 Å². The van der Waals surface area contributed by atoms with Gasteiger partial charge in [-0.15, -0.1) is 0 Å². The minimum atomic E-state index is -1.27. The SMILES string of the molecule is Cc1noc(CCNCc2ccc(C(=O)O)c(F)c2)n1. The van der Waals surface area contributed by atoms with E-state index in [1.807, 2.05) is 0 Å². The molecule has 0 spiro atoms. The fraction of sp³-hybridized carbons (Fsp3) is 0.308. The molecule has 1 aromatic carbocycles. The molecule has 0 aliphatic heterocycles. The number of benzene rings is 1. The average molecular weight is 279 g/mol. The molecule has 1 heterocycles. The lowest BCUT2D eigenvalue weighted by molar-refractivity contribution is 0.0692. The Morgan fingerprint density at radius 1 is 1.50 bits per heavy atom. The molecule has 0 saturated carbocycles. The van der Waals surface area contributed by atoms with Gasteiger partial charge in [0.1, 0.15) is 5.82 Å². The van der Waals surface area contributed by atoms with Crippen LogP contribution in [0.3, 0.4) is 0 Å². The molecule has 20 heavy (non-hydrogen) atoms. The quantitative estimate of drug-likeness (QED) is 0.780. The van der Waals surface area contributed by atoms with Crippen LogP contribution in [-0.2, 0) is 13.0 Å². The van der Waals surface area contributed by atoms with Crippen molar-refractivity contribution >= 4 is 5.97 Å². The fourth-order valence-electron chi connectivity index (χ4n) is 1.71. The molecule has 0 unspecified atom stereocenters. The predicted octanol–water partition coefficient (Wildman–Crippen LogP) is 1.55. The molecule has 0 bridgehead atoms. The van der Waals surface area contributed by atoms with Crippen LogP contribution in [0.2, 0.25) is 0 Å². The van der Waals surface area contributed by atoms with Crippen molar-refractivity contribution in [3.05, 3.63) is 46.9 Å². The van der Waals surface area contributed by atoms with E-state index in [-0.39, 0.29) is 5.56 Å². The van der Waals surface area contributed by atoms with Gasteiger partial charge in [0.05, 0.1) is 5.56 Å². The summed E-state index contributed by atoms with van der Waals surface area (Å²) in [7, 11) is 0. The normalized spacial score (nSPS) is 10.7. The maximum Gasteiger partial charge on any atom is 0.338 e. The molecule has 0 radical (unpaired) electrons. The van der Waals surface area contributed by atoms with Gasteiger partial charge in [0.25, 0.3) is 0 Å². The van der Waals surface area contributed by atoms with E-state index < -0.39 is 11.8 Å². The molecule has 2 N–H and O–H groups in total. The van der Waals surface area contributed by atoms with Crippen molar-refractivity contribution in [1.82, 2.24) is 15.5 Å². The number of rotatable bonds is 6. The first-order chi connectivity index (χ1) is 9.56. The van der Waals surface area contributed by atoms with Gasteiger partial charge in [-0.2, -0.15) is 4.98 Å². The molecule has 0 aliphatic rings. The first kappa shape index (κ1) is 14.1. The maximum absolute atomic E-state index is 13.4. The zero-order valence-corrected chi connectivity index (χ0v) is 10.9. The lowest BCUT2D eigenvalue weighted by Crippen LogP contribution is -2.17. The monoisotopic (exact) mass is 279 g/mol. The second-order valence-electron chi connectivity index (χ2n) is 4.28. The number of nitrogens with zero attached hydrogens (tertiary/aromatic N) is 2. The van der Waals surface area contributed by atoms with Gasteiger partial charge in [0.2, 0.25) is 5.89 Å². The van der Waals surface area contributed by atoms with Crippen LogP contribution in [0.5, 0.6) is 0 Å². The Labute approximate surface area is 114 Å². The minimum Gasteiger partial charge on any atom is -0.478 e. The van der Waals surface area contributed by atoms with Gasteiger partial charge in [0.15, 0.2) is 5.82 Å². The summed E-state index contributed by atoms with van der Waals surface area (Å²) in [6, 6.07) is 4.06. The summed E-state index contributed by atoms with van der Waals surface area (Å²) in [4.78, 5) is 14.7. The summed E-state index contributed by atoms with van der Waals surface area (Å²) < 4.78 is 18.4. The number of hydrogen-bond donors (Lipinski definition) is 2. The Kier molecular flexibility index (Phi) is 4.41. The lowest BCUT2D eigenvalue weighted by atomic mass is 10.1. The van der Waals surface area contributed by atoms with Crippen LogP contribution < -0.4 is 5.32 Å². The molecule has 0 saturated heterocycles. The van der Waals surface area contributed by atoms with E-state index in [0.29, 0.717) is 36.8 Å². The number of carboxylic acids is 1. The Bertz CT molecular complexity index is 613. The van der Waals surface area contributed by atoms with Crippen LogP contribution in [0.1, 0.15) is 27.6 Å². The number of aromatic nitrogens is 2. The first-order valence-corrected chi connectivity index (χ1v) is 6.08. The summed E-state index contributed by atoms with van der Waals surface area (Å²) in [5.41, 5.74) is 0.351. The number of hydrogen-bond acceptors (Lipinski definition) is 5. The van der Waals surface area contributed by atoms with Crippen molar-refractivity contribution in [3.8, 4) is 0 Å². The predicted molar refractivity (Wildman–Crippen MR) is 67.8 cm³/mol. The van der Waals surface area contributed by atoms with Crippen LogP contribution in [-0.4, -0.2) is 27.8 Å². The standard InChI is InChI=1S/C13H14FN3O3/c1-8-16-12(20-17-8)4-5-15-7-9-2-3-10(13(18)19)11(14)6-9/h2-3,6,15H,4-5,7H2,1H3,(H,18,19). The highest BCUT2D eigenvalue weighted by Gasteiger charge is 2.10. The van der Waals surface area contributed by atoms with Crippen molar-refractivity contribution < 1.29 is 18.8 Å². The second-order valence-corrected chi connectivity index (χ2v) is 4.28. The molecule has 0 fully saturated rings. The maximum atomic E-state index is 13.4. The molecule has 7 heteroatoms. The molecule has 2 rings (SSSR count). The molecule has 106 valence electrons. The average Bonchev–Trinajstić information content (AvgIpc) is 2.80. The summed E-state index contributed by atoms with van der Waals surface area (Å²) >= 11 is 0. The van der Waals surface area contributed by atoms with E-state index in [1.165, 1.54) is 12.1 Å². The van der Waals surface area contributed by atoms with E-state index in [9.17, 15) is 9.18 Å². The Balaban J connectivity index is 1.82. The third kappa shape index (κ3) is 3.61. The number of aryl methyl sites for hydroxylation is 1. The van der Waals surface area contributed by atoms with Gasteiger partial charge in [0, 0.05) is 19.5 Å². The third-order valence-electron chi connectivity index (χ3n) is 2.68. The minimum absolute atomic E-state index is 0.324. The van der Waals surface area contributed by atoms with E-state index in [1.54, 1.807) is 13.0 Å². The first-order valence-electron chi connectivity index (χ1n) is 6.08. The molecular formula is C13H14FN3O3. The van der Waals surface area contributed by atoms with E-state index in [4.69, 9.17) is 9.63 Å². The van der Waals surface area contributed by atoms with Crippen LogP contribution in [0, 0.1) is 12.7 Å². The summed E-state index contributed by atoms with van der Waals surface area (Å²) in [6.07, 6.45) is 0.580. The van der Waals surface area contributed by atoms with Crippen LogP contribution in [0.25, 0.3) is 0 Å². The number of aromatic carboxylic acids is 1. The van der Waals surface area contributed by atoms with Crippen molar-refractivity contribution in [1.29, 1.82) is 0 Å². The summed E-state index contributed by atoms with van der Waals surface area (Å²) in [6.45, 7) is 2.78. The highest BCUT2D eigenvalue weighted by molar-refractivity contribution is 5.87. The van der Waals surface area contributed by atoms with Crippen LogP contribution in [0.4, 0.5) is 4.39 Å². The van der Waals surface area contributed by atoms with Gasteiger partial charge in [-0.1, -0.05) is 11.2 Å². The fourth-order valence-corrected chi connectivity index (χ4v) is 1.71. The Hall–Kier alpha value is -2.28. The van der Waals surface area contributed by atoms with Crippen LogP contribution >= 0.6 is 0 Å². The highest BCUT2D eigenvalue weighted by Crippen LogP contribution is 2.10. The number of carbonyl (C=O) groups is 1. The Morgan fingerprint density at radius 3 is 2.90 bits per heavy atom. The van der Waals surface area contributed by atoms with Gasteiger partial charge in [-0.05, 0) is 24.6 Å². The summed E-state index contributed by atoms with van der Waals surface area (Å²) in [5.74, 6) is -0.869. The van der Waals surface area contributed by atoms with Gasteiger partial charge in [-0.25, -0.2) is 9.18 Å². The number of halogens is 1. The number of carboxylic acid groups (broad SMARTS) is 1. The zero-order chi connectivity index (χ0) is 14.5. The molecular weight excluding hydrogens is 265 g/mol. The van der Waals surface area contributed by atoms with E-state index >= 15 is 0 Å². The van der Waals surface area contributed by atoms with Crippen LogP contribution in [0.15, 0.2) is 22.7 Å². The topological polar surface area (TPSA) is 88.2 Å². The summed E-state index contributed by atoms with van der Waals surface area (Å²) in [5, 5.41) is 15.5. The smallest absolute Gasteiger partial charge is 0.338 e. The molecule has 1 aromatic heterocycles. The van der Waals surface area contributed by atoms with Crippen molar-refractivity contribution in [2.45, 2.75) is 19.9 Å². The van der Waals surface area contributed by atoms with Crippen molar-refractivity contribution in [2.75, 3.05) is 6.54 Å². The van der Waals surface area contributed by atoms with Crippen molar-refractivity contribution in [2.24, 2.45) is 0 Å². The molecule has 0 amide bonds. The second kappa shape index (κ2) is 6.25. The van der Waals surface area contributed by atoms with E-state index in [0.717, 1.165) is 0 Å². The Morgan fingerprint density at radius 2 is 2.30 bits per heavy atom. The largest absolute Gasteiger partial charge is 0.478 e. The van der Waals surface area contributed by atoms with E-state index in [2.05, 4.69) is 15.5 Å². The van der Waals surface area contributed by atoms with Gasteiger partial charge >= 0.3 is 5.97 Å². The molecule has 2 aromatic rings. The zero-order valence-electron chi connectivity index (χ0n) is 10.9. The lowest BCUT2D eigenvalue weighted by Gasteiger charge is -2.05. The third-order valence-corrected chi connectivity index (χ3v) is 2.68. The number of nitrogens with one attached hydrogen (secondary N) is 1. The highest BCUT2D eigenvalue weighted by atomic mass is 19.1. The molecule has 6 nitrogen and oxygen atoms in total. The van der Waals surface area contributed by atoms with Gasteiger partial charge in [-0.3, -0.25) is 0 Å².